The second-order valence-electron chi connectivity index (χ2n) is 3.73. The molecule has 0 aliphatic heterocycles. The summed E-state index contributed by atoms with van der Waals surface area (Å²) in [5.74, 6) is -0.714. The molecule has 0 saturated carbocycles. The molecular formula is C12H8BrFN2O3. The second-order valence-corrected chi connectivity index (χ2v) is 4.54. The van der Waals surface area contributed by atoms with E-state index in [1.54, 1.807) is 18.2 Å². The Bertz CT molecular complexity index is 649. The fourth-order valence-electron chi connectivity index (χ4n) is 1.48. The van der Waals surface area contributed by atoms with E-state index >= 15 is 0 Å². The Hall–Kier alpha value is -2.02. The molecule has 0 spiro atoms. The Morgan fingerprint density at radius 1 is 1.42 bits per heavy atom. The SMILES string of the molecule is Cc1cc(Oc2cccc(Br)n2)c(F)cc1[N+](=O)[O-]. The molecule has 5 nitrogen and oxygen atoms in total. The summed E-state index contributed by atoms with van der Waals surface area (Å²) in [7, 11) is 0. The van der Waals surface area contributed by atoms with Crippen molar-refractivity contribution in [3.63, 3.8) is 0 Å². The Labute approximate surface area is 116 Å². The largest absolute Gasteiger partial charge is 0.436 e. The van der Waals surface area contributed by atoms with E-state index < -0.39 is 10.7 Å². The molecule has 0 bridgehead atoms. The average Bonchev–Trinajstić information content (AvgIpc) is 2.33. The van der Waals surface area contributed by atoms with E-state index in [9.17, 15) is 14.5 Å². The van der Waals surface area contributed by atoms with Gasteiger partial charge in [0.15, 0.2) is 11.6 Å². The van der Waals surface area contributed by atoms with Crippen LogP contribution in [0.4, 0.5) is 10.1 Å². The van der Waals surface area contributed by atoms with Gasteiger partial charge < -0.3 is 4.74 Å². The van der Waals surface area contributed by atoms with Crippen LogP contribution in [0.15, 0.2) is 34.9 Å². The van der Waals surface area contributed by atoms with Gasteiger partial charge in [-0.1, -0.05) is 6.07 Å². The van der Waals surface area contributed by atoms with Crippen molar-refractivity contribution in [2.45, 2.75) is 6.92 Å². The number of hydrogen-bond donors (Lipinski definition) is 0. The third-order valence-electron chi connectivity index (χ3n) is 2.35. The number of nitrogens with zero attached hydrogens (tertiary/aromatic N) is 2. The van der Waals surface area contributed by atoms with Gasteiger partial charge in [0.2, 0.25) is 5.88 Å². The van der Waals surface area contributed by atoms with Crippen LogP contribution in [0.3, 0.4) is 0 Å². The van der Waals surface area contributed by atoms with Crippen molar-refractivity contribution in [2.75, 3.05) is 0 Å². The van der Waals surface area contributed by atoms with E-state index in [0.29, 0.717) is 10.2 Å². The summed E-state index contributed by atoms with van der Waals surface area (Å²) >= 11 is 3.16. The van der Waals surface area contributed by atoms with Gasteiger partial charge in [-0.2, -0.15) is 0 Å². The fraction of sp³-hybridized carbons (Fsp3) is 0.0833. The van der Waals surface area contributed by atoms with E-state index in [0.717, 1.165) is 6.07 Å². The minimum atomic E-state index is -0.806. The van der Waals surface area contributed by atoms with Crippen LogP contribution in [0, 0.1) is 22.9 Å². The van der Waals surface area contributed by atoms with Crippen molar-refractivity contribution >= 4 is 21.6 Å². The molecule has 0 saturated heterocycles. The van der Waals surface area contributed by atoms with Gasteiger partial charge in [0.1, 0.15) is 4.60 Å². The van der Waals surface area contributed by atoms with Crippen LogP contribution in [0.2, 0.25) is 0 Å². The van der Waals surface area contributed by atoms with Crippen LogP contribution < -0.4 is 4.74 Å². The first-order valence-corrected chi connectivity index (χ1v) is 6.01. The molecule has 1 aromatic heterocycles. The summed E-state index contributed by atoms with van der Waals surface area (Å²) in [6.07, 6.45) is 0. The maximum absolute atomic E-state index is 13.7. The molecule has 98 valence electrons. The summed E-state index contributed by atoms with van der Waals surface area (Å²) in [5.41, 5.74) is 0.0310. The maximum Gasteiger partial charge on any atom is 0.275 e. The molecule has 2 rings (SSSR count). The first-order valence-electron chi connectivity index (χ1n) is 5.22. The smallest absolute Gasteiger partial charge is 0.275 e. The third-order valence-corrected chi connectivity index (χ3v) is 2.79. The monoisotopic (exact) mass is 326 g/mol. The molecule has 0 unspecified atom stereocenters. The molecule has 7 heteroatoms. The minimum absolute atomic E-state index is 0.103. The van der Waals surface area contributed by atoms with Crippen LogP contribution in [0.25, 0.3) is 0 Å². The first-order chi connectivity index (χ1) is 8.97. The lowest BCUT2D eigenvalue weighted by Gasteiger charge is -2.07. The van der Waals surface area contributed by atoms with Gasteiger partial charge in [-0.3, -0.25) is 10.1 Å². The molecule has 0 aliphatic carbocycles. The molecule has 0 fully saturated rings. The topological polar surface area (TPSA) is 65.3 Å². The quantitative estimate of drug-likeness (QED) is 0.486. The van der Waals surface area contributed by atoms with Crippen molar-refractivity contribution < 1.29 is 14.1 Å². The number of ether oxygens (including phenoxy) is 1. The minimum Gasteiger partial charge on any atom is -0.436 e. The highest BCUT2D eigenvalue weighted by atomic mass is 79.9. The van der Waals surface area contributed by atoms with Crippen molar-refractivity contribution in [1.29, 1.82) is 0 Å². The van der Waals surface area contributed by atoms with E-state index in [2.05, 4.69) is 20.9 Å². The highest BCUT2D eigenvalue weighted by Gasteiger charge is 2.17. The lowest BCUT2D eigenvalue weighted by molar-refractivity contribution is -0.385. The first kappa shape index (κ1) is 13.4. The Morgan fingerprint density at radius 2 is 2.16 bits per heavy atom. The number of nitro groups is 1. The lowest BCUT2D eigenvalue weighted by atomic mass is 10.2. The van der Waals surface area contributed by atoms with Crippen LogP contribution in [0.1, 0.15) is 5.56 Å². The van der Waals surface area contributed by atoms with Crippen molar-refractivity contribution in [3.8, 4) is 11.6 Å². The van der Waals surface area contributed by atoms with E-state index in [-0.39, 0.29) is 17.3 Å². The number of benzene rings is 1. The molecule has 1 aromatic carbocycles. The second kappa shape index (κ2) is 5.31. The Morgan fingerprint density at radius 3 is 2.79 bits per heavy atom. The third kappa shape index (κ3) is 3.05. The molecule has 0 radical (unpaired) electrons. The van der Waals surface area contributed by atoms with Gasteiger partial charge >= 0.3 is 0 Å². The van der Waals surface area contributed by atoms with Gasteiger partial charge in [-0.05, 0) is 35.0 Å². The number of aryl methyl sites for hydroxylation is 1. The predicted octanol–water partition coefficient (Wildman–Crippen LogP) is 3.99. The maximum atomic E-state index is 13.7. The van der Waals surface area contributed by atoms with Crippen LogP contribution in [0.5, 0.6) is 11.6 Å². The summed E-state index contributed by atoms with van der Waals surface area (Å²) in [6, 6.07) is 7.05. The number of rotatable bonds is 3. The predicted molar refractivity (Wildman–Crippen MR) is 69.8 cm³/mol. The molecule has 2 aromatic rings. The standard InChI is InChI=1S/C12H8BrFN2O3/c1-7-5-10(8(14)6-9(7)16(17)18)19-12-4-2-3-11(13)15-12/h2-6H,1H3. The van der Waals surface area contributed by atoms with Gasteiger partial charge in [0.05, 0.1) is 11.0 Å². The molecule has 0 amide bonds. The van der Waals surface area contributed by atoms with Crippen molar-refractivity contribution in [1.82, 2.24) is 4.98 Å². The molecule has 1 heterocycles. The number of hydrogen-bond acceptors (Lipinski definition) is 4. The zero-order valence-electron chi connectivity index (χ0n) is 9.76. The molecule has 0 aliphatic rings. The van der Waals surface area contributed by atoms with Crippen molar-refractivity contribution in [2.24, 2.45) is 0 Å². The van der Waals surface area contributed by atoms with E-state index in [1.165, 1.54) is 13.0 Å². The van der Waals surface area contributed by atoms with Gasteiger partial charge in [0.25, 0.3) is 5.69 Å². The zero-order chi connectivity index (χ0) is 14.0. The molecule has 0 N–H and O–H groups in total. The highest BCUT2D eigenvalue weighted by molar-refractivity contribution is 9.10. The molecule has 19 heavy (non-hydrogen) atoms. The summed E-state index contributed by atoms with van der Waals surface area (Å²) < 4.78 is 19.5. The van der Waals surface area contributed by atoms with Crippen LogP contribution in [-0.4, -0.2) is 9.91 Å². The Balaban J connectivity index is 2.36. The van der Waals surface area contributed by atoms with Gasteiger partial charge in [-0.15, -0.1) is 0 Å². The molecule has 0 atom stereocenters. The average molecular weight is 327 g/mol. The number of pyridine rings is 1. The van der Waals surface area contributed by atoms with Crippen LogP contribution in [-0.2, 0) is 0 Å². The van der Waals surface area contributed by atoms with E-state index in [4.69, 9.17) is 4.74 Å². The number of nitro benzene ring substituents is 1. The van der Waals surface area contributed by atoms with Gasteiger partial charge in [0, 0.05) is 11.6 Å². The normalized spacial score (nSPS) is 10.3. The fourth-order valence-corrected chi connectivity index (χ4v) is 1.81. The van der Waals surface area contributed by atoms with E-state index in [1.807, 2.05) is 0 Å². The summed E-state index contributed by atoms with van der Waals surface area (Å²) in [5, 5.41) is 10.7. The Kier molecular flexibility index (Phi) is 3.75. The summed E-state index contributed by atoms with van der Waals surface area (Å²) in [6.45, 7) is 1.51. The summed E-state index contributed by atoms with van der Waals surface area (Å²) in [4.78, 5) is 14.0. The lowest BCUT2D eigenvalue weighted by Crippen LogP contribution is -1.96. The molecular weight excluding hydrogens is 319 g/mol. The number of aromatic nitrogens is 1. The van der Waals surface area contributed by atoms with Gasteiger partial charge in [-0.25, -0.2) is 9.37 Å². The number of halogens is 2. The van der Waals surface area contributed by atoms with Crippen LogP contribution >= 0.6 is 15.9 Å². The zero-order valence-corrected chi connectivity index (χ0v) is 11.3. The highest BCUT2D eigenvalue weighted by Crippen LogP contribution is 2.30. The van der Waals surface area contributed by atoms with Crippen molar-refractivity contribution in [3.05, 3.63) is 56.4 Å².